The van der Waals surface area contributed by atoms with Gasteiger partial charge >= 0.3 is 5.97 Å². The maximum Gasteiger partial charge on any atom is 0.312 e. The van der Waals surface area contributed by atoms with Crippen LogP contribution >= 0.6 is 0 Å². The molecule has 7 heteroatoms. The highest BCUT2D eigenvalue weighted by atomic mass is 16.5. The van der Waals surface area contributed by atoms with Gasteiger partial charge in [0.1, 0.15) is 5.69 Å². The van der Waals surface area contributed by atoms with E-state index in [-0.39, 0.29) is 24.3 Å². The quantitative estimate of drug-likeness (QED) is 0.708. The molecule has 0 radical (unpaired) electrons. The lowest BCUT2D eigenvalue weighted by Crippen LogP contribution is -2.24. The Labute approximate surface area is 113 Å². The van der Waals surface area contributed by atoms with E-state index >= 15 is 0 Å². The molecule has 0 saturated heterocycles. The van der Waals surface area contributed by atoms with Gasteiger partial charge in [-0.1, -0.05) is 12.1 Å². The first-order valence-electron chi connectivity index (χ1n) is 6.21. The highest BCUT2D eigenvalue weighted by Crippen LogP contribution is 2.12. The van der Waals surface area contributed by atoms with Crippen molar-refractivity contribution >= 4 is 22.8 Å². The summed E-state index contributed by atoms with van der Waals surface area (Å²) in [4.78, 5) is 28.1. The van der Waals surface area contributed by atoms with Gasteiger partial charge < -0.3 is 4.74 Å². The molecular weight excluding hydrogens is 260 g/mol. The minimum atomic E-state index is -0.478. The van der Waals surface area contributed by atoms with Crippen LogP contribution in [0.2, 0.25) is 0 Å². The molecular formula is C13H12N4O3. The highest BCUT2D eigenvalue weighted by Gasteiger charge is 2.14. The fraction of sp³-hybridized carbons (Fsp3) is 0.231. The molecule has 102 valence electrons. The van der Waals surface area contributed by atoms with Crippen molar-refractivity contribution in [3.05, 3.63) is 40.3 Å². The molecule has 0 aliphatic rings. The van der Waals surface area contributed by atoms with E-state index in [0.29, 0.717) is 16.8 Å². The van der Waals surface area contributed by atoms with Crippen LogP contribution in [0.3, 0.4) is 0 Å². The van der Waals surface area contributed by atoms with Crippen LogP contribution in [-0.2, 0) is 16.0 Å². The van der Waals surface area contributed by atoms with Crippen LogP contribution in [0.25, 0.3) is 16.8 Å². The summed E-state index contributed by atoms with van der Waals surface area (Å²) in [5, 5.41) is 6.59. The van der Waals surface area contributed by atoms with Gasteiger partial charge in [-0.3, -0.25) is 9.59 Å². The Morgan fingerprint density at radius 3 is 3.00 bits per heavy atom. The third-order valence-corrected chi connectivity index (χ3v) is 2.92. The molecule has 3 aromatic rings. The molecule has 0 unspecified atom stereocenters. The van der Waals surface area contributed by atoms with Crippen molar-refractivity contribution in [3.63, 3.8) is 0 Å². The Balaban J connectivity index is 2.17. The topological polar surface area (TPSA) is 89.3 Å². The maximum absolute atomic E-state index is 12.4. The molecule has 0 aliphatic heterocycles. The Kier molecular flexibility index (Phi) is 2.94. The van der Waals surface area contributed by atoms with Crippen LogP contribution in [0.15, 0.2) is 29.1 Å². The number of aromatic amines is 1. The number of aromatic nitrogens is 4. The van der Waals surface area contributed by atoms with Gasteiger partial charge in [0.05, 0.1) is 24.1 Å². The van der Waals surface area contributed by atoms with Crippen molar-refractivity contribution in [2.45, 2.75) is 13.3 Å². The number of nitrogens with zero attached hydrogens (tertiary/aromatic N) is 3. The van der Waals surface area contributed by atoms with Crippen LogP contribution in [0.4, 0.5) is 0 Å². The molecule has 0 atom stereocenters. The highest BCUT2D eigenvalue weighted by molar-refractivity contribution is 5.79. The van der Waals surface area contributed by atoms with Gasteiger partial charge in [-0.15, -0.1) is 0 Å². The lowest BCUT2D eigenvalue weighted by molar-refractivity contribution is -0.142. The standard InChI is InChI=1S/C13H12N4O3/c1-2-20-11(18)7-9-12(19)17-10-6-4-3-5-8(10)14-13(17)16-15-9/h3-6H,2,7H2,1H3,(H,14,16). The van der Waals surface area contributed by atoms with Crippen LogP contribution < -0.4 is 5.56 Å². The first kappa shape index (κ1) is 12.3. The second-order valence-electron chi connectivity index (χ2n) is 4.22. The van der Waals surface area contributed by atoms with Crippen LogP contribution in [0, 0.1) is 0 Å². The first-order chi connectivity index (χ1) is 9.70. The summed E-state index contributed by atoms with van der Waals surface area (Å²) in [6.45, 7) is 1.98. The van der Waals surface area contributed by atoms with Crippen molar-refractivity contribution in [3.8, 4) is 0 Å². The van der Waals surface area contributed by atoms with E-state index in [4.69, 9.17) is 4.74 Å². The number of hydrogen-bond donors (Lipinski definition) is 1. The van der Waals surface area contributed by atoms with Crippen LogP contribution in [0.1, 0.15) is 12.6 Å². The summed E-state index contributed by atoms with van der Waals surface area (Å²) >= 11 is 0. The van der Waals surface area contributed by atoms with Crippen LogP contribution in [-0.4, -0.2) is 32.2 Å². The number of fused-ring (bicyclic) bond motifs is 3. The average Bonchev–Trinajstić information content (AvgIpc) is 2.81. The Morgan fingerprint density at radius 2 is 2.20 bits per heavy atom. The molecule has 1 aromatic carbocycles. The van der Waals surface area contributed by atoms with Gasteiger partial charge in [0.2, 0.25) is 5.78 Å². The van der Waals surface area contributed by atoms with Crippen molar-refractivity contribution in [2.75, 3.05) is 6.61 Å². The molecule has 0 saturated carbocycles. The summed E-state index contributed by atoms with van der Waals surface area (Å²) in [5.41, 5.74) is 1.12. The van der Waals surface area contributed by atoms with E-state index in [1.165, 1.54) is 4.40 Å². The summed E-state index contributed by atoms with van der Waals surface area (Å²) in [5.74, 6) is -0.127. The Hall–Kier alpha value is -2.70. The number of ether oxygens (including phenoxy) is 1. The molecule has 0 fully saturated rings. The summed E-state index contributed by atoms with van der Waals surface area (Å²) in [6, 6.07) is 7.26. The largest absolute Gasteiger partial charge is 0.466 e. The molecule has 2 heterocycles. The number of nitrogens with one attached hydrogen (secondary N) is 1. The number of carbonyl (C=O) groups is 1. The van der Waals surface area contributed by atoms with Gasteiger partial charge in [-0.2, -0.15) is 5.10 Å². The van der Waals surface area contributed by atoms with E-state index in [0.717, 1.165) is 0 Å². The van der Waals surface area contributed by atoms with Gasteiger partial charge in [0, 0.05) is 0 Å². The Morgan fingerprint density at radius 1 is 1.40 bits per heavy atom. The third-order valence-electron chi connectivity index (χ3n) is 2.92. The van der Waals surface area contributed by atoms with Crippen LogP contribution in [0.5, 0.6) is 0 Å². The van der Waals surface area contributed by atoms with Gasteiger partial charge in [-0.05, 0) is 19.1 Å². The van der Waals surface area contributed by atoms with E-state index in [1.807, 2.05) is 12.1 Å². The number of benzene rings is 1. The van der Waals surface area contributed by atoms with Gasteiger partial charge in [-0.25, -0.2) is 14.5 Å². The zero-order valence-corrected chi connectivity index (χ0v) is 10.8. The predicted molar refractivity (Wildman–Crippen MR) is 71.5 cm³/mol. The van der Waals surface area contributed by atoms with Crippen molar-refractivity contribution in [1.29, 1.82) is 0 Å². The lowest BCUT2D eigenvalue weighted by atomic mass is 10.3. The number of hydrogen-bond acceptors (Lipinski definition) is 5. The second kappa shape index (κ2) is 4.76. The molecule has 0 aliphatic carbocycles. The molecule has 1 N–H and O–H groups in total. The number of imidazole rings is 1. The maximum atomic E-state index is 12.4. The van der Waals surface area contributed by atoms with Crippen molar-refractivity contribution < 1.29 is 9.53 Å². The molecule has 20 heavy (non-hydrogen) atoms. The first-order valence-corrected chi connectivity index (χ1v) is 6.21. The Bertz CT molecular complexity index is 850. The third kappa shape index (κ3) is 1.93. The number of para-hydroxylation sites is 2. The number of H-pyrrole nitrogens is 1. The smallest absolute Gasteiger partial charge is 0.312 e. The van der Waals surface area contributed by atoms with Crippen molar-refractivity contribution in [2.24, 2.45) is 0 Å². The minimum Gasteiger partial charge on any atom is -0.466 e. The normalized spacial score (nSPS) is 11.1. The van der Waals surface area contributed by atoms with E-state index in [9.17, 15) is 9.59 Å². The van der Waals surface area contributed by atoms with Crippen molar-refractivity contribution in [1.82, 2.24) is 19.6 Å². The SMILES string of the molecule is CCOC(=O)Cc1n[nH]c2nc3ccccc3n2c1=O. The summed E-state index contributed by atoms with van der Waals surface area (Å²) in [7, 11) is 0. The zero-order chi connectivity index (χ0) is 14.1. The van der Waals surface area contributed by atoms with Gasteiger partial charge in [0.25, 0.3) is 5.56 Å². The zero-order valence-electron chi connectivity index (χ0n) is 10.8. The molecule has 0 spiro atoms. The van der Waals surface area contributed by atoms with Gasteiger partial charge in [0.15, 0.2) is 0 Å². The molecule has 2 aromatic heterocycles. The van der Waals surface area contributed by atoms with E-state index < -0.39 is 5.97 Å². The number of carbonyl (C=O) groups excluding carboxylic acids is 1. The lowest BCUT2D eigenvalue weighted by Gasteiger charge is -2.01. The molecule has 3 rings (SSSR count). The fourth-order valence-corrected chi connectivity index (χ4v) is 2.06. The molecule has 0 amide bonds. The summed E-state index contributed by atoms with van der Waals surface area (Å²) < 4.78 is 6.24. The monoisotopic (exact) mass is 272 g/mol. The van der Waals surface area contributed by atoms with E-state index in [2.05, 4.69) is 15.2 Å². The number of rotatable bonds is 3. The number of esters is 1. The minimum absolute atomic E-state index is 0.110. The molecule has 0 bridgehead atoms. The predicted octanol–water partition coefficient (Wildman–Crippen LogP) is 0.676. The fourth-order valence-electron chi connectivity index (χ4n) is 2.06. The second-order valence-corrected chi connectivity index (χ2v) is 4.22. The average molecular weight is 272 g/mol. The summed E-state index contributed by atoms with van der Waals surface area (Å²) in [6.07, 6.45) is -0.161. The molecule has 7 nitrogen and oxygen atoms in total. The van der Waals surface area contributed by atoms with E-state index in [1.54, 1.807) is 19.1 Å².